The molecule has 0 aromatic heterocycles. The van der Waals surface area contributed by atoms with Crippen LogP contribution in [0.5, 0.6) is 0 Å². The molecule has 144 valence electrons. The minimum absolute atomic E-state index is 1.31. The van der Waals surface area contributed by atoms with Gasteiger partial charge in [0.05, 0.1) is 0 Å². The zero-order valence-corrected chi connectivity index (χ0v) is 21.6. The second-order valence-electron chi connectivity index (χ2n) is 8.21. The molecule has 0 saturated carbocycles. The van der Waals surface area contributed by atoms with E-state index in [9.17, 15) is 0 Å². The van der Waals surface area contributed by atoms with Gasteiger partial charge in [-0.3, -0.25) is 0 Å². The van der Waals surface area contributed by atoms with Crippen LogP contribution in [0.3, 0.4) is 0 Å². The van der Waals surface area contributed by atoms with Gasteiger partial charge in [-0.2, -0.15) is 0 Å². The quantitative estimate of drug-likeness (QED) is 0.321. The van der Waals surface area contributed by atoms with Crippen molar-refractivity contribution in [1.82, 2.24) is 0 Å². The molecule has 1 heteroatoms. The van der Waals surface area contributed by atoms with Crippen LogP contribution in [0, 0.1) is 27.7 Å². The Morgan fingerprint density at radius 1 is 0.310 bits per heavy atom. The molecule has 0 spiro atoms. The maximum absolute atomic E-state index is 3.61. The van der Waals surface area contributed by atoms with Crippen molar-refractivity contribution in [3.63, 3.8) is 0 Å². The fourth-order valence-electron chi connectivity index (χ4n) is 4.21. The fourth-order valence-corrected chi connectivity index (χ4v) is 22.4. The summed E-state index contributed by atoms with van der Waals surface area (Å²) in [4.78, 5) is 0. The van der Waals surface area contributed by atoms with Crippen molar-refractivity contribution in [3.8, 4) is 0 Å². The topological polar surface area (TPSA) is 0 Å². The van der Waals surface area contributed by atoms with Crippen molar-refractivity contribution in [3.05, 3.63) is 119 Å². The Labute approximate surface area is 179 Å². The van der Waals surface area contributed by atoms with Crippen LogP contribution >= 0.6 is 0 Å². The summed E-state index contributed by atoms with van der Waals surface area (Å²) in [5.74, 6) is 0. The number of hydrogen-bond donors (Lipinski definition) is 0. The van der Waals surface area contributed by atoms with E-state index in [0.717, 1.165) is 0 Å². The van der Waals surface area contributed by atoms with Crippen LogP contribution in [0.15, 0.2) is 97.1 Å². The maximum atomic E-state index is 2.39. The van der Waals surface area contributed by atoms with Crippen LogP contribution in [-0.2, 0) is 0 Å². The van der Waals surface area contributed by atoms with E-state index in [1.165, 1.54) is 34.7 Å². The SMILES string of the molecule is Cc1cc[c]([Pb]([c]2ccc(C)cc2)([c]2ccc(C)cc2)[c]2ccc(C)cc2)cc1. The monoisotopic (exact) mass is 572 g/mol. The molecule has 0 N–H and O–H groups in total. The zero-order valence-electron chi connectivity index (χ0n) is 17.7. The molecule has 0 fully saturated rings. The Bertz CT molecular complexity index is 900. The predicted molar refractivity (Wildman–Crippen MR) is 129 cm³/mol. The van der Waals surface area contributed by atoms with Gasteiger partial charge >= 0.3 is 181 Å². The van der Waals surface area contributed by atoms with Gasteiger partial charge < -0.3 is 0 Å². The van der Waals surface area contributed by atoms with Crippen molar-refractivity contribution in [2.24, 2.45) is 0 Å². The summed E-state index contributed by atoms with van der Waals surface area (Å²) in [5.41, 5.74) is 5.25. The first-order valence-electron chi connectivity index (χ1n) is 10.3. The Balaban J connectivity index is 2.11. The Morgan fingerprint density at radius 3 is 0.655 bits per heavy atom. The Morgan fingerprint density at radius 2 is 0.483 bits per heavy atom. The van der Waals surface area contributed by atoms with Gasteiger partial charge in [-0.1, -0.05) is 0 Å². The summed E-state index contributed by atoms with van der Waals surface area (Å²) >= 11 is -3.61. The Kier molecular flexibility index (Phi) is 5.73. The molecule has 4 rings (SSSR count). The van der Waals surface area contributed by atoms with Crippen molar-refractivity contribution in [2.45, 2.75) is 27.7 Å². The van der Waals surface area contributed by atoms with E-state index < -0.39 is 21.2 Å². The van der Waals surface area contributed by atoms with Crippen molar-refractivity contribution >= 4 is 33.7 Å². The summed E-state index contributed by atoms with van der Waals surface area (Å²) in [7, 11) is 0. The van der Waals surface area contributed by atoms with Gasteiger partial charge in [0.15, 0.2) is 0 Å². The second-order valence-corrected chi connectivity index (χ2v) is 23.0. The van der Waals surface area contributed by atoms with Crippen LogP contribution in [-0.4, -0.2) is 21.2 Å². The molecular weight excluding hydrogens is 544 g/mol. The average molecular weight is 572 g/mol. The van der Waals surface area contributed by atoms with Gasteiger partial charge in [0, 0.05) is 0 Å². The number of aryl methyl sites for hydroxylation is 4. The molecule has 0 bridgehead atoms. The molecule has 0 nitrogen and oxygen atoms in total. The Hall–Kier alpha value is -2.20. The minimum atomic E-state index is -3.61. The third kappa shape index (κ3) is 3.83. The molecule has 0 aliphatic carbocycles. The summed E-state index contributed by atoms with van der Waals surface area (Å²) < 4.78 is 6.05. The predicted octanol–water partition coefficient (Wildman–Crippen LogP) is 4.30. The molecule has 0 amide bonds. The number of benzene rings is 4. The van der Waals surface area contributed by atoms with E-state index in [4.69, 9.17) is 0 Å². The summed E-state index contributed by atoms with van der Waals surface area (Å²) in [5, 5.41) is 0. The molecule has 0 radical (unpaired) electrons. The molecule has 0 atom stereocenters. The van der Waals surface area contributed by atoms with Gasteiger partial charge in [-0.05, 0) is 0 Å². The summed E-state index contributed by atoms with van der Waals surface area (Å²) in [6.45, 7) is 8.69. The third-order valence-electron chi connectivity index (χ3n) is 5.94. The summed E-state index contributed by atoms with van der Waals surface area (Å²) in [6.07, 6.45) is 0. The van der Waals surface area contributed by atoms with E-state index in [2.05, 4.69) is 125 Å². The first-order chi connectivity index (χ1) is 14.0. The van der Waals surface area contributed by atoms with E-state index >= 15 is 0 Å². The molecule has 4 aromatic carbocycles. The normalized spacial score (nSPS) is 11.4. The van der Waals surface area contributed by atoms with Crippen molar-refractivity contribution in [2.75, 3.05) is 0 Å². The average Bonchev–Trinajstić information content (AvgIpc) is 2.73. The fraction of sp³-hybridized carbons (Fsp3) is 0.143. The standard InChI is InChI=1S/4C7H7.Pb/c4*1-7-5-3-2-4-6-7;/h4*3-6H,1H3;. The van der Waals surface area contributed by atoms with Gasteiger partial charge in [-0.15, -0.1) is 0 Å². The molecule has 0 aliphatic rings. The van der Waals surface area contributed by atoms with Crippen molar-refractivity contribution < 1.29 is 0 Å². The van der Waals surface area contributed by atoms with Crippen LogP contribution in [0.1, 0.15) is 22.3 Å². The van der Waals surface area contributed by atoms with Crippen LogP contribution < -0.4 is 12.5 Å². The molecule has 0 aliphatic heterocycles. The van der Waals surface area contributed by atoms with Crippen molar-refractivity contribution in [1.29, 1.82) is 0 Å². The molecule has 0 saturated heterocycles. The molecule has 4 aromatic rings. The molecule has 29 heavy (non-hydrogen) atoms. The van der Waals surface area contributed by atoms with E-state index in [1.807, 2.05) is 0 Å². The third-order valence-corrected chi connectivity index (χ3v) is 24.6. The van der Waals surface area contributed by atoms with Crippen LogP contribution in [0.25, 0.3) is 0 Å². The van der Waals surface area contributed by atoms with Crippen LogP contribution in [0.4, 0.5) is 0 Å². The van der Waals surface area contributed by atoms with Gasteiger partial charge in [0.2, 0.25) is 0 Å². The van der Waals surface area contributed by atoms with Gasteiger partial charge in [0.25, 0.3) is 0 Å². The first-order valence-corrected chi connectivity index (χ1v) is 18.1. The zero-order chi connectivity index (χ0) is 20.4. The van der Waals surface area contributed by atoms with E-state index in [1.54, 1.807) is 0 Å². The summed E-state index contributed by atoms with van der Waals surface area (Å²) in [6, 6.07) is 37.3. The van der Waals surface area contributed by atoms with E-state index in [-0.39, 0.29) is 0 Å². The number of rotatable bonds is 4. The molecular formula is C28H28Pb. The van der Waals surface area contributed by atoms with E-state index in [0.29, 0.717) is 0 Å². The first kappa shape index (κ1) is 20.1. The molecule has 0 unspecified atom stereocenters. The number of hydrogen-bond acceptors (Lipinski definition) is 0. The molecule has 0 heterocycles. The second kappa shape index (κ2) is 8.27. The van der Waals surface area contributed by atoms with Gasteiger partial charge in [0.1, 0.15) is 0 Å². The van der Waals surface area contributed by atoms with Gasteiger partial charge in [-0.25, -0.2) is 0 Å². The van der Waals surface area contributed by atoms with Crippen LogP contribution in [0.2, 0.25) is 0 Å².